The quantitative estimate of drug-likeness (QED) is 0.802. The molecule has 1 N–H and O–H groups in total. The van der Waals surface area contributed by atoms with E-state index in [9.17, 15) is 4.79 Å². The van der Waals surface area contributed by atoms with Crippen molar-refractivity contribution in [1.82, 2.24) is 10.2 Å². The summed E-state index contributed by atoms with van der Waals surface area (Å²) in [5.74, 6) is 1.65. The first-order valence-electron chi connectivity index (χ1n) is 9.33. The Hall–Kier alpha value is -1.85. The Morgan fingerprint density at radius 3 is 2.81 bits per heavy atom. The number of piperidine rings is 1. The van der Waals surface area contributed by atoms with Gasteiger partial charge < -0.3 is 10.1 Å². The van der Waals surface area contributed by atoms with Gasteiger partial charge in [-0.25, -0.2) is 0 Å². The third-order valence-corrected chi connectivity index (χ3v) is 6.10. The number of hydrogen-bond donors (Lipinski definition) is 1. The van der Waals surface area contributed by atoms with E-state index in [1.807, 2.05) is 24.3 Å². The van der Waals surface area contributed by atoms with Crippen LogP contribution in [0.15, 0.2) is 41.8 Å². The lowest BCUT2D eigenvalue weighted by molar-refractivity contribution is -0.120. The van der Waals surface area contributed by atoms with Crippen molar-refractivity contribution >= 4 is 17.2 Å². The predicted molar refractivity (Wildman–Crippen MR) is 107 cm³/mol. The molecule has 0 bridgehead atoms. The van der Waals surface area contributed by atoms with Gasteiger partial charge in [0.1, 0.15) is 5.75 Å². The highest BCUT2D eigenvalue weighted by Crippen LogP contribution is 2.29. The largest absolute Gasteiger partial charge is 0.497 e. The normalized spacial score (nSPS) is 17.0. The molecule has 1 aliphatic heterocycles. The van der Waals surface area contributed by atoms with Crippen molar-refractivity contribution in [3.05, 3.63) is 52.2 Å². The molecule has 0 radical (unpaired) electrons. The average Bonchev–Trinajstić information content (AvgIpc) is 3.18. The highest BCUT2D eigenvalue weighted by atomic mass is 32.1. The fraction of sp³-hybridized carbons (Fsp3) is 0.476. The van der Waals surface area contributed by atoms with E-state index < -0.39 is 0 Å². The molecule has 1 fully saturated rings. The number of ether oxygens (including phenoxy) is 1. The second kappa shape index (κ2) is 9.19. The van der Waals surface area contributed by atoms with Gasteiger partial charge in [-0.3, -0.25) is 9.69 Å². The summed E-state index contributed by atoms with van der Waals surface area (Å²) < 4.78 is 5.23. The van der Waals surface area contributed by atoms with Crippen molar-refractivity contribution < 1.29 is 9.53 Å². The Kier molecular flexibility index (Phi) is 6.69. The zero-order valence-corrected chi connectivity index (χ0v) is 16.4. The number of thiophene rings is 1. The number of nitrogens with one attached hydrogen (secondary N) is 1. The van der Waals surface area contributed by atoms with Gasteiger partial charge >= 0.3 is 0 Å². The topological polar surface area (TPSA) is 41.6 Å². The summed E-state index contributed by atoms with van der Waals surface area (Å²) in [6.45, 7) is 5.20. The number of likely N-dealkylation sites (tertiary alicyclic amines) is 1. The molecule has 1 unspecified atom stereocenters. The van der Waals surface area contributed by atoms with Gasteiger partial charge in [-0.2, -0.15) is 0 Å². The van der Waals surface area contributed by atoms with Gasteiger partial charge in [-0.1, -0.05) is 25.1 Å². The summed E-state index contributed by atoms with van der Waals surface area (Å²) in [5.41, 5.74) is 0.973. The Morgan fingerprint density at radius 1 is 1.31 bits per heavy atom. The first-order valence-corrected chi connectivity index (χ1v) is 10.2. The average molecular weight is 373 g/mol. The standard InChI is InChI=1S/C21H28N2O2S/c1-16-8-10-23(11-9-16)19(20-7-4-12-26-20)15-22-21(24)14-17-5-3-6-18(13-17)25-2/h3-7,12-13,16,19H,8-11,14-15H2,1-2H3,(H,22,24). The van der Waals surface area contributed by atoms with Crippen LogP contribution in [-0.2, 0) is 11.2 Å². The third kappa shape index (κ3) is 5.08. The number of hydrogen-bond acceptors (Lipinski definition) is 4. The minimum absolute atomic E-state index is 0.0604. The molecule has 4 nitrogen and oxygen atoms in total. The van der Waals surface area contributed by atoms with Crippen LogP contribution in [0.5, 0.6) is 5.75 Å². The fourth-order valence-corrected chi connectivity index (χ4v) is 4.33. The molecule has 5 heteroatoms. The maximum absolute atomic E-state index is 12.5. The minimum Gasteiger partial charge on any atom is -0.497 e. The molecule has 1 amide bonds. The van der Waals surface area contributed by atoms with E-state index in [-0.39, 0.29) is 11.9 Å². The van der Waals surface area contributed by atoms with Crippen molar-refractivity contribution in [2.24, 2.45) is 5.92 Å². The van der Waals surface area contributed by atoms with Gasteiger partial charge in [0.15, 0.2) is 0 Å². The molecule has 2 aromatic rings. The first-order chi connectivity index (χ1) is 12.7. The monoisotopic (exact) mass is 372 g/mol. The van der Waals surface area contributed by atoms with Gasteiger partial charge in [-0.15, -0.1) is 11.3 Å². The molecule has 140 valence electrons. The molecule has 1 aromatic heterocycles. The van der Waals surface area contributed by atoms with E-state index in [4.69, 9.17) is 4.74 Å². The van der Waals surface area contributed by atoms with Crippen molar-refractivity contribution in [2.75, 3.05) is 26.7 Å². The van der Waals surface area contributed by atoms with Crippen LogP contribution in [0.2, 0.25) is 0 Å². The van der Waals surface area contributed by atoms with Crippen LogP contribution in [0.4, 0.5) is 0 Å². The smallest absolute Gasteiger partial charge is 0.224 e. The van der Waals surface area contributed by atoms with Crippen LogP contribution in [0, 0.1) is 5.92 Å². The number of nitrogens with zero attached hydrogens (tertiary/aromatic N) is 1. The second-order valence-electron chi connectivity index (χ2n) is 7.08. The Balaban J connectivity index is 1.59. The maximum atomic E-state index is 12.5. The molecule has 0 aliphatic carbocycles. The minimum atomic E-state index is 0.0604. The van der Waals surface area contributed by atoms with E-state index in [0.717, 1.165) is 30.3 Å². The van der Waals surface area contributed by atoms with Crippen LogP contribution in [0.25, 0.3) is 0 Å². The summed E-state index contributed by atoms with van der Waals surface area (Å²) in [5, 5.41) is 5.27. The molecule has 1 aromatic carbocycles. The maximum Gasteiger partial charge on any atom is 0.224 e. The number of carbonyl (C=O) groups excluding carboxylic acids is 1. The molecule has 3 rings (SSSR count). The lowest BCUT2D eigenvalue weighted by atomic mass is 9.97. The number of methoxy groups -OCH3 is 1. The molecule has 26 heavy (non-hydrogen) atoms. The number of carbonyl (C=O) groups is 1. The van der Waals surface area contributed by atoms with Gasteiger partial charge in [0.2, 0.25) is 5.91 Å². The van der Waals surface area contributed by atoms with Crippen molar-refractivity contribution in [1.29, 1.82) is 0 Å². The highest BCUT2D eigenvalue weighted by Gasteiger charge is 2.25. The van der Waals surface area contributed by atoms with Crippen LogP contribution >= 0.6 is 11.3 Å². The highest BCUT2D eigenvalue weighted by molar-refractivity contribution is 7.10. The van der Waals surface area contributed by atoms with E-state index in [1.165, 1.54) is 17.7 Å². The first kappa shape index (κ1) is 18.9. The second-order valence-corrected chi connectivity index (χ2v) is 8.06. The van der Waals surface area contributed by atoms with E-state index >= 15 is 0 Å². The molecule has 0 saturated carbocycles. The van der Waals surface area contributed by atoms with Crippen LogP contribution in [0.3, 0.4) is 0 Å². The van der Waals surface area contributed by atoms with Crippen molar-refractivity contribution in [3.63, 3.8) is 0 Å². The summed E-state index contributed by atoms with van der Waals surface area (Å²) in [4.78, 5) is 16.3. The summed E-state index contributed by atoms with van der Waals surface area (Å²) >= 11 is 1.78. The molecule has 1 atom stereocenters. The zero-order valence-electron chi connectivity index (χ0n) is 15.6. The fourth-order valence-electron chi connectivity index (χ4n) is 3.47. The van der Waals surface area contributed by atoms with Gasteiger partial charge in [-0.05, 0) is 61.0 Å². The Morgan fingerprint density at radius 2 is 2.12 bits per heavy atom. The number of benzene rings is 1. The lowest BCUT2D eigenvalue weighted by Crippen LogP contribution is -2.41. The van der Waals surface area contributed by atoms with Crippen LogP contribution in [0.1, 0.15) is 36.2 Å². The van der Waals surface area contributed by atoms with Crippen molar-refractivity contribution in [2.45, 2.75) is 32.2 Å². The van der Waals surface area contributed by atoms with E-state index in [0.29, 0.717) is 13.0 Å². The van der Waals surface area contributed by atoms with E-state index in [1.54, 1.807) is 18.4 Å². The molecule has 1 saturated heterocycles. The summed E-state index contributed by atoms with van der Waals surface area (Å²) in [7, 11) is 1.64. The SMILES string of the molecule is COc1cccc(CC(=O)NCC(c2cccs2)N2CCC(C)CC2)c1. The lowest BCUT2D eigenvalue weighted by Gasteiger charge is -2.36. The van der Waals surface area contributed by atoms with Gasteiger partial charge in [0.25, 0.3) is 0 Å². The van der Waals surface area contributed by atoms with Crippen LogP contribution < -0.4 is 10.1 Å². The Labute approximate surface area is 160 Å². The number of rotatable bonds is 7. The van der Waals surface area contributed by atoms with Gasteiger partial charge in [0, 0.05) is 11.4 Å². The van der Waals surface area contributed by atoms with Crippen molar-refractivity contribution in [3.8, 4) is 5.75 Å². The summed E-state index contributed by atoms with van der Waals surface area (Å²) in [6, 6.07) is 12.2. The number of amides is 1. The molecular formula is C21H28N2O2S. The van der Waals surface area contributed by atoms with Crippen LogP contribution in [-0.4, -0.2) is 37.6 Å². The zero-order chi connectivity index (χ0) is 18.4. The molecule has 0 spiro atoms. The van der Waals surface area contributed by atoms with Gasteiger partial charge in [0.05, 0.1) is 19.6 Å². The molecule has 1 aliphatic rings. The summed E-state index contributed by atoms with van der Waals surface area (Å²) in [6.07, 6.45) is 2.85. The Bertz CT molecular complexity index is 694. The third-order valence-electron chi connectivity index (χ3n) is 5.12. The van der Waals surface area contributed by atoms with E-state index in [2.05, 4.69) is 34.7 Å². The molecule has 2 heterocycles. The molecular weight excluding hydrogens is 344 g/mol. The predicted octanol–water partition coefficient (Wildman–Crippen LogP) is 3.89.